The molecule has 8 nitrogen and oxygen atoms in total. The van der Waals surface area contributed by atoms with Gasteiger partial charge in [-0.1, -0.05) is 0 Å². The summed E-state index contributed by atoms with van der Waals surface area (Å²) >= 11 is 0. The second kappa shape index (κ2) is 7.48. The molecule has 1 saturated carbocycles. The van der Waals surface area contributed by atoms with Crippen LogP contribution in [0.5, 0.6) is 0 Å². The normalized spacial score (nSPS) is 22.4. The number of rotatable bonds is 1. The second-order valence-corrected chi connectivity index (χ2v) is 9.69. The van der Waals surface area contributed by atoms with Gasteiger partial charge in [0.1, 0.15) is 11.5 Å². The highest BCUT2D eigenvalue weighted by Crippen LogP contribution is 2.54. The SMILES string of the molecule is [C-]#[N+]c1cc(NC(=O)N2Cc3c(nn4c3C(=O)N(C)CC3(C4)CC(F)(F)C3)C[C@H]2C)ccc1F. The third-order valence-corrected chi connectivity index (χ3v) is 6.94. The number of halogens is 3. The van der Waals surface area contributed by atoms with E-state index in [1.54, 1.807) is 16.6 Å². The lowest BCUT2D eigenvalue weighted by atomic mass is 9.65. The van der Waals surface area contributed by atoms with Crippen molar-refractivity contribution in [2.75, 3.05) is 18.9 Å². The summed E-state index contributed by atoms with van der Waals surface area (Å²) in [6, 6.07) is 3.05. The Kier molecular flexibility index (Phi) is 4.90. The maximum Gasteiger partial charge on any atom is 0.322 e. The summed E-state index contributed by atoms with van der Waals surface area (Å²) < 4.78 is 42.7. The third kappa shape index (κ3) is 3.57. The van der Waals surface area contributed by atoms with Crippen molar-refractivity contribution in [3.63, 3.8) is 0 Å². The number of aromatic nitrogens is 2. The molecule has 0 saturated heterocycles. The molecular weight excluding hydrogens is 449 g/mol. The number of carbonyl (C=O) groups excluding carboxylic acids is 2. The van der Waals surface area contributed by atoms with Crippen molar-refractivity contribution < 1.29 is 22.8 Å². The fourth-order valence-corrected chi connectivity index (χ4v) is 5.48. The van der Waals surface area contributed by atoms with Gasteiger partial charge >= 0.3 is 6.03 Å². The molecule has 11 heteroatoms. The lowest BCUT2D eigenvalue weighted by molar-refractivity contribution is -0.170. The summed E-state index contributed by atoms with van der Waals surface area (Å²) in [6.45, 7) is 9.48. The molecule has 1 fully saturated rings. The van der Waals surface area contributed by atoms with Gasteiger partial charge < -0.3 is 15.1 Å². The third-order valence-electron chi connectivity index (χ3n) is 6.94. The van der Waals surface area contributed by atoms with Crippen LogP contribution < -0.4 is 5.32 Å². The van der Waals surface area contributed by atoms with Gasteiger partial charge in [-0.3, -0.25) is 9.48 Å². The van der Waals surface area contributed by atoms with Crippen molar-refractivity contribution >= 4 is 23.3 Å². The molecule has 0 unspecified atom stereocenters. The molecule has 1 atom stereocenters. The molecule has 2 aromatic rings. The van der Waals surface area contributed by atoms with Crippen LogP contribution in [0.25, 0.3) is 4.85 Å². The van der Waals surface area contributed by atoms with Crippen LogP contribution in [0.3, 0.4) is 0 Å². The molecule has 1 aromatic heterocycles. The number of amides is 3. The Labute approximate surface area is 194 Å². The van der Waals surface area contributed by atoms with Crippen molar-refractivity contribution in [1.29, 1.82) is 0 Å². The predicted octanol–water partition coefficient (Wildman–Crippen LogP) is 4.05. The van der Waals surface area contributed by atoms with Gasteiger partial charge in [-0.25, -0.2) is 22.8 Å². The molecule has 3 heterocycles. The monoisotopic (exact) mass is 472 g/mol. The lowest BCUT2D eigenvalue weighted by Gasteiger charge is -2.47. The molecule has 1 N–H and O–H groups in total. The van der Waals surface area contributed by atoms with Crippen LogP contribution in [-0.2, 0) is 19.5 Å². The number of hydrogen-bond donors (Lipinski definition) is 1. The zero-order valence-corrected chi connectivity index (χ0v) is 18.7. The summed E-state index contributed by atoms with van der Waals surface area (Å²) in [4.78, 5) is 32.4. The first-order valence-corrected chi connectivity index (χ1v) is 11.0. The van der Waals surface area contributed by atoms with E-state index in [0.29, 0.717) is 23.4 Å². The fraction of sp³-hybridized carbons (Fsp3) is 0.478. The summed E-state index contributed by atoms with van der Waals surface area (Å²) in [7, 11) is 1.61. The fourth-order valence-electron chi connectivity index (χ4n) is 5.48. The van der Waals surface area contributed by atoms with E-state index >= 15 is 0 Å². The van der Waals surface area contributed by atoms with Gasteiger partial charge in [0.25, 0.3) is 5.91 Å². The highest BCUT2D eigenvalue weighted by atomic mass is 19.3. The van der Waals surface area contributed by atoms with Crippen molar-refractivity contribution in [3.05, 3.63) is 52.4 Å². The Bertz CT molecular complexity index is 1240. The van der Waals surface area contributed by atoms with Gasteiger partial charge in [-0.05, 0) is 25.1 Å². The molecule has 3 aliphatic rings. The predicted molar refractivity (Wildman–Crippen MR) is 116 cm³/mol. The summed E-state index contributed by atoms with van der Waals surface area (Å²) in [5.41, 5.74) is 1.03. The average molecular weight is 472 g/mol. The van der Waals surface area contributed by atoms with Gasteiger partial charge in [-0.2, -0.15) is 5.10 Å². The van der Waals surface area contributed by atoms with Gasteiger partial charge in [-0.15, -0.1) is 0 Å². The van der Waals surface area contributed by atoms with Gasteiger partial charge in [0.05, 0.1) is 18.8 Å². The lowest BCUT2D eigenvalue weighted by Crippen LogP contribution is -2.53. The topological polar surface area (TPSA) is 74.8 Å². The van der Waals surface area contributed by atoms with Crippen LogP contribution in [0.2, 0.25) is 0 Å². The van der Waals surface area contributed by atoms with Crippen LogP contribution in [0.15, 0.2) is 18.2 Å². The summed E-state index contributed by atoms with van der Waals surface area (Å²) in [5, 5.41) is 7.30. The Balaban J connectivity index is 1.42. The number of fused-ring (bicyclic) bond motifs is 3. The Hall–Kier alpha value is -3.55. The van der Waals surface area contributed by atoms with E-state index in [1.807, 2.05) is 6.92 Å². The van der Waals surface area contributed by atoms with Crippen LogP contribution in [0.4, 0.5) is 29.3 Å². The number of alkyl halides is 2. The number of anilines is 1. The number of urea groups is 1. The zero-order chi connectivity index (χ0) is 24.4. The van der Waals surface area contributed by atoms with Crippen LogP contribution in [0, 0.1) is 17.8 Å². The quantitative estimate of drug-likeness (QED) is 0.637. The highest BCUT2D eigenvalue weighted by molar-refractivity contribution is 5.95. The number of hydrogen-bond acceptors (Lipinski definition) is 3. The Morgan fingerprint density at radius 3 is 2.71 bits per heavy atom. The molecular formula is C23H23F3N6O2. The number of benzene rings is 1. The van der Waals surface area contributed by atoms with Gasteiger partial charge in [0.15, 0.2) is 0 Å². The molecule has 34 heavy (non-hydrogen) atoms. The van der Waals surface area contributed by atoms with Gasteiger partial charge in [0, 0.05) is 62.1 Å². The Morgan fingerprint density at radius 1 is 1.29 bits per heavy atom. The first-order chi connectivity index (χ1) is 16.0. The maximum atomic E-state index is 13.7. The van der Waals surface area contributed by atoms with Crippen molar-refractivity contribution in [3.8, 4) is 0 Å². The Morgan fingerprint density at radius 2 is 2.03 bits per heavy atom. The average Bonchev–Trinajstić information content (AvgIpc) is 3.03. The molecule has 3 amide bonds. The first-order valence-electron chi connectivity index (χ1n) is 11.0. The summed E-state index contributed by atoms with van der Waals surface area (Å²) in [5.74, 6) is -3.69. The maximum absolute atomic E-state index is 13.7. The van der Waals surface area contributed by atoms with Crippen LogP contribution >= 0.6 is 0 Å². The smallest absolute Gasteiger partial charge is 0.322 e. The van der Waals surface area contributed by atoms with E-state index in [9.17, 15) is 22.8 Å². The van der Waals surface area contributed by atoms with E-state index in [0.717, 1.165) is 6.07 Å². The van der Waals surface area contributed by atoms with Crippen molar-refractivity contribution in [2.45, 2.75) is 51.2 Å². The molecule has 0 bridgehead atoms. The van der Waals surface area contributed by atoms with E-state index < -0.39 is 23.2 Å². The largest absolute Gasteiger partial charge is 0.340 e. The molecule has 1 spiro atoms. The summed E-state index contributed by atoms with van der Waals surface area (Å²) in [6.07, 6.45) is -0.160. The van der Waals surface area contributed by atoms with Crippen molar-refractivity contribution in [1.82, 2.24) is 19.6 Å². The van der Waals surface area contributed by atoms with Crippen molar-refractivity contribution in [2.24, 2.45) is 5.41 Å². The molecule has 5 rings (SSSR count). The molecule has 1 aromatic carbocycles. The van der Waals surface area contributed by atoms with Crippen LogP contribution in [-0.4, -0.2) is 57.1 Å². The standard InChI is InChI=1S/C23H23F3N6O2/c1-13-6-17-15(8-31(13)21(34)28-14-4-5-16(24)18(7-14)27-2)19-20(33)30(3)11-22(12-32(19)29-17)9-23(25,26)10-22/h4-5,7,13H,6,8-12H2,1,3H3,(H,28,34)/t13-/m1/s1. The minimum absolute atomic E-state index is 0.122. The second-order valence-electron chi connectivity index (χ2n) is 9.69. The van der Waals surface area contributed by atoms with E-state index in [-0.39, 0.29) is 55.8 Å². The number of nitrogens with zero attached hydrogens (tertiary/aromatic N) is 5. The minimum Gasteiger partial charge on any atom is -0.340 e. The highest BCUT2D eigenvalue weighted by Gasteiger charge is 2.58. The first kappa shape index (κ1) is 22.3. The number of carbonyl (C=O) groups is 2. The van der Waals surface area contributed by atoms with E-state index in [2.05, 4.69) is 15.3 Å². The van der Waals surface area contributed by atoms with E-state index in [4.69, 9.17) is 6.57 Å². The van der Waals surface area contributed by atoms with E-state index in [1.165, 1.54) is 17.0 Å². The molecule has 0 radical (unpaired) electrons. The van der Waals surface area contributed by atoms with Crippen LogP contribution in [0.1, 0.15) is 41.5 Å². The molecule has 1 aliphatic carbocycles. The zero-order valence-electron chi connectivity index (χ0n) is 18.7. The number of nitrogens with one attached hydrogen (secondary N) is 1. The van der Waals surface area contributed by atoms with Gasteiger partial charge in [0.2, 0.25) is 11.6 Å². The molecule has 2 aliphatic heterocycles. The molecule has 178 valence electrons. The minimum atomic E-state index is -2.72.